The van der Waals surface area contributed by atoms with Gasteiger partial charge in [0.1, 0.15) is 6.10 Å². The third-order valence-corrected chi connectivity index (χ3v) is 2.32. The molecule has 1 saturated heterocycles. The van der Waals surface area contributed by atoms with E-state index in [0.717, 1.165) is 19.5 Å². The Labute approximate surface area is 87.6 Å². The fraction of sp³-hybridized carbons (Fsp3) is 0.400. The summed E-state index contributed by atoms with van der Waals surface area (Å²) in [6.07, 6.45) is 2.63. The molecule has 0 radical (unpaired) electrons. The molecule has 1 amide bonds. The highest BCUT2D eigenvalue weighted by atomic mass is 16.5. The fourth-order valence-electron chi connectivity index (χ4n) is 1.53. The van der Waals surface area contributed by atoms with Crippen molar-refractivity contribution in [1.29, 1.82) is 0 Å². The van der Waals surface area contributed by atoms with E-state index >= 15 is 0 Å². The second kappa shape index (κ2) is 4.27. The molecule has 5 nitrogen and oxygen atoms in total. The van der Waals surface area contributed by atoms with E-state index in [9.17, 15) is 4.79 Å². The van der Waals surface area contributed by atoms with Crippen LogP contribution in [0.2, 0.25) is 0 Å². The van der Waals surface area contributed by atoms with Crippen molar-refractivity contribution >= 4 is 5.91 Å². The van der Waals surface area contributed by atoms with Gasteiger partial charge in [0, 0.05) is 24.4 Å². The first-order valence-corrected chi connectivity index (χ1v) is 4.89. The summed E-state index contributed by atoms with van der Waals surface area (Å²) in [6, 6.07) is 3.14. The molecule has 3 N–H and O–H groups in total. The number of aromatic nitrogens is 1. The first-order valence-electron chi connectivity index (χ1n) is 4.89. The van der Waals surface area contributed by atoms with Gasteiger partial charge in [0.2, 0.25) is 11.8 Å². The molecular weight excluding hydrogens is 194 g/mol. The number of amides is 1. The van der Waals surface area contributed by atoms with Crippen molar-refractivity contribution in [3.05, 3.63) is 23.9 Å². The lowest BCUT2D eigenvalue weighted by Crippen LogP contribution is -2.20. The maximum absolute atomic E-state index is 10.9. The van der Waals surface area contributed by atoms with Crippen LogP contribution < -0.4 is 15.8 Å². The quantitative estimate of drug-likeness (QED) is 0.726. The number of hydrogen-bond acceptors (Lipinski definition) is 4. The molecule has 80 valence electrons. The van der Waals surface area contributed by atoms with E-state index in [-0.39, 0.29) is 6.10 Å². The number of carbonyl (C=O) groups is 1. The average Bonchev–Trinajstić information content (AvgIpc) is 2.71. The van der Waals surface area contributed by atoms with Crippen LogP contribution in [0.5, 0.6) is 5.88 Å². The van der Waals surface area contributed by atoms with Crippen molar-refractivity contribution in [2.75, 3.05) is 13.1 Å². The zero-order chi connectivity index (χ0) is 10.7. The second-order valence-electron chi connectivity index (χ2n) is 3.48. The van der Waals surface area contributed by atoms with Gasteiger partial charge in [-0.05, 0) is 19.0 Å². The van der Waals surface area contributed by atoms with Crippen molar-refractivity contribution < 1.29 is 9.53 Å². The number of rotatable bonds is 3. The Morgan fingerprint density at radius 2 is 2.53 bits per heavy atom. The van der Waals surface area contributed by atoms with Crippen molar-refractivity contribution in [2.24, 2.45) is 5.73 Å². The van der Waals surface area contributed by atoms with Crippen molar-refractivity contribution in [2.45, 2.75) is 12.5 Å². The van der Waals surface area contributed by atoms with Gasteiger partial charge < -0.3 is 15.8 Å². The lowest BCUT2D eigenvalue weighted by molar-refractivity contribution is 0.0999. The number of nitrogens with zero attached hydrogens (tertiary/aromatic N) is 1. The van der Waals surface area contributed by atoms with Crippen LogP contribution in [-0.4, -0.2) is 30.1 Å². The Morgan fingerprint density at radius 3 is 3.20 bits per heavy atom. The van der Waals surface area contributed by atoms with Crippen molar-refractivity contribution in [3.8, 4) is 5.88 Å². The fourth-order valence-corrected chi connectivity index (χ4v) is 1.53. The highest BCUT2D eigenvalue weighted by Gasteiger charge is 2.16. The standard InChI is InChI=1S/C10H13N3O2/c11-10(14)7-1-4-13-9(5-7)15-8-2-3-12-6-8/h1,4-5,8,12H,2-3,6H2,(H2,11,14). The highest BCUT2D eigenvalue weighted by molar-refractivity contribution is 5.92. The Hall–Kier alpha value is -1.62. The first kappa shape index (κ1) is 9.92. The minimum atomic E-state index is -0.466. The lowest BCUT2D eigenvalue weighted by Gasteiger charge is -2.11. The molecule has 5 heteroatoms. The van der Waals surface area contributed by atoms with Crippen LogP contribution in [-0.2, 0) is 0 Å². The van der Waals surface area contributed by atoms with Crippen LogP contribution in [0.15, 0.2) is 18.3 Å². The first-order chi connectivity index (χ1) is 7.25. The van der Waals surface area contributed by atoms with Crippen molar-refractivity contribution in [1.82, 2.24) is 10.3 Å². The largest absolute Gasteiger partial charge is 0.473 e. The van der Waals surface area contributed by atoms with Gasteiger partial charge in [-0.15, -0.1) is 0 Å². The molecule has 1 aliphatic heterocycles. The smallest absolute Gasteiger partial charge is 0.248 e. The molecule has 1 unspecified atom stereocenters. The van der Waals surface area contributed by atoms with E-state index in [1.54, 1.807) is 12.1 Å². The predicted molar refractivity (Wildman–Crippen MR) is 54.7 cm³/mol. The van der Waals surface area contributed by atoms with Crippen LogP contribution in [0.25, 0.3) is 0 Å². The number of hydrogen-bond donors (Lipinski definition) is 2. The number of nitrogens with two attached hydrogens (primary N) is 1. The minimum absolute atomic E-state index is 0.139. The van der Waals surface area contributed by atoms with E-state index in [1.165, 1.54) is 6.20 Å². The molecule has 1 aliphatic rings. The average molecular weight is 207 g/mol. The van der Waals surface area contributed by atoms with E-state index < -0.39 is 5.91 Å². The molecule has 15 heavy (non-hydrogen) atoms. The zero-order valence-corrected chi connectivity index (χ0v) is 8.27. The number of ether oxygens (including phenoxy) is 1. The molecule has 0 spiro atoms. The van der Waals surface area contributed by atoms with Crippen LogP contribution >= 0.6 is 0 Å². The summed E-state index contributed by atoms with van der Waals surface area (Å²) in [5.41, 5.74) is 5.58. The number of carbonyl (C=O) groups excluding carboxylic acids is 1. The third-order valence-electron chi connectivity index (χ3n) is 2.32. The molecule has 1 fully saturated rings. The summed E-state index contributed by atoms with van der Waals surface area (Å²) in [5.74, 6) is -0.00760. The molecule has 0 aliphatic carbocycles. The van der Waals surface area contributed by atoms with Gasteiger partial charge in [0.15, 0.2) is 0 Å². The van der Waals surface area contributed by atoms with E-state index in [4.69, 9.17) is 10.5 Å². The SMILES string of the molecule is NC(=O)c1ccnc(OC2CCNC2)c1. The van der Waals surface area contributed by atoms with Gasteiger partial charge in [0.05, 0.1) is 0 Å². The van der Waals surface area contributed by atoms with Crippen LogP contribution in [0.1, 0.15) is 16.8 Å². The number of primary amides is 1. The zero-order valence-electron chi connectivity index (χ0n) is 8.27. The predicted octanol–water partition coefficient (Wildman–Crippen LogP) is -0.0788. The molecule has 2 rings (SSSR count). The number of pyridine rings is 1. The minimum Gasteiger partial charge on any atom is -0.473 e. The van der Waals surface area contributed by atoms with E-state index in [1.807, 2.05) is 0 Å². The summed E-state index contributed by atoms with van der Waals surface area (Å²) in [5, 5.41) is 3.19. The van der Waals surface area contributed by atoms with Gasteiger partial charge in [-0.2, -0.15) is 0 Å². The summed E-state index contributed by atoms with van der Waals surface area (Å²) >= 11 is 0. The molecule has 0 bridgehead atoms. The maximum Gasteiger partial charge on any atom is 0.248 e. The Morgan fingerprint density at radius 1 is 1.67 bits per heavy atom. The highest BCUT2D eigenvalue weighted by Crippen LogP contribution is 2.13. The molecule has 0 aromatic carbocycles. The van der Waals surface area contributed by atoms with Crippen molar-refractivity contribution in [3.63, 3.8) is 0 Å². The van der Waals surface area contributed by atoms with E-state index in [2.05, 4.69) is 10.3 Å². The molecule has 2 heterocycles. The molecular formula is C10H13N3O2. The van der Waals surface area contributed by atoms with Crippen LogP contribution in [0, 0.1) is 0 Å². The molecule has 1 atom stereocenters. The molecule has 1 aromatic heterocycles. The van der Waals surface area contributed by atoms with Crippen LogP contribution in [0.3, 0.4) is 0 Å². The van der Waals surface area contributed by atoms with Gasteiger partial charge in [0.25, 0.3) is 0 Å². The summed E-state index contributed by atoms with van der Waals surface area (Å²) in [4.78, 5) is 14.9. The summed E-state index contributed by atoms with van der Waals surface area (Å²) in [7, 11) is 0. The van der Waals surface area contributed by atoms with E-state index in [0.29, 0.717) is 11.4 Å². The molecule has 0 saturated carbocycles. The Kier molecular flexibility index (Phi) is 2.82. The summed E-state index contributed by atoms with van der Waals surface area (Å²) in [6.45, 7) is 1.78. The second-order valence-corrected chi connectivity index (χ2v) is 3.48. The summed E-state index contributed by atoms with van der Waals surface area (Å²) < 4.78 is 5.58. The van der Waals surface area contributed by atoms with Gasteiger partial charge >= 0.3 is 0 Å². The normalized spacial score (nSPS) is 20.1. The number of nitrogens with one attached hydrogen (secondary N) is 1. The maximum atomic E-state index is 10.9. The Bertz CT molecular complexity index is 361. The van der Waals surface area contributed by atoms with Crippen LogP contribution in [0.4, 0.5) is 0 Å². The monoisotopic (exact) mass is 207 g/mol. The van der Waals surface area contributed by atoms with Gasteiger partial charge in [-0.1, -0.05) is 0 Å². The lowest BCUT2D eigenvalue weighted by atomic mass is 10.2. The molecule has 1 aromatic rings. The van der Waals surface area contributed by atoms with Gasteiger partial charge in [-0.25, -0.2) is 4.98 Å². The third kappa shape index (κ3) is 2.44. The topological polar surface area (TPSA) is 77.2 Å². The Balaban J connectivity index is 2.07. The van der Waals surface area contributed by atoms with Gasteiger partial charge in [-0.3, -0.25) is 4.79 Å².